The van der Waals surface area contributed by atoms with Crippen molar-refractivity contribution in [1.82, 2.24) is 9.47 Å². The molecule has 3 nitrogen and oxygen atoms in total. The Morgan fingerprint density at radius 3 is 2.53 bits per heavy atom. The van der Waals surface area contributed by atoms with E-state index < -0.39 is 0 Å². The van der Waals surface area contributed by atoms with Crippen LogP contribution < -0.4 is 5.73 Å². The molecular weight excluding hydrogens is 210 g/mol. The van der Waals surface area contributed by atoms with Crippen molar-refractivity contribution in [2.24, 2.45) is 12.8 Å². The number of likely N-dealkylation sites (N-methyl/N-ethyl adjacent to an activating group) is 1. The molecule has 0 aliphatic heterocycles. The van der Waals surface area contributed by atoms with Crippen LogP contribution in [-0.4, -0.2) is 30.1 Å². The summed E-state index contributed by atoms with van der Waals surface area (Å²) in [6, 6.07) is 8.80. The number of hydrogen-bond acceptors (Lipinski definition) is 2. The van der Waals surface area contributed by atoms with E-state index >= 15 is 0 Å². The highest BCUT2D eigenvalue weighted by Gasteiger charge is 2.20. The molecule has 2 rings (SSSR count). The number of para-hydroxylation sites is 1. The van der Waals surface area contributed by atoms with Gasteiger partial charge in [0.15, 0.2) is 0 Å². The molecule has 1 heterocycles. The molecule has 3 heteroatoms. The van der Waals surface area contributed by atoms with Crippen LogP contribution in [0.1, 0.15) is 17.3 Å². The van der Waals surface area contributed by atoms with Crippen LogP contribution in [-0.2, 0) is 7.05 Å². The average Bonchev–Trinajstić information content (AvgIpc) is 2.56. The number of aromatic nitrogens is 1. The van der Waals surface area contributed by atoms with Crippen molar-refractivity contribution in [3.05, 3.63) is 35.5 Å². The van der Waals surface area contributed by atoms with Gasteiger partial charge in [0.2, 0.25) is 0 Å². The molecular formula is C14H21N3. The van der Waals surface area contributed by atoms with Gasteiger partial charge in [-0.15, -0.1) is 0 Å². The number of benzene rings is 1. The van der Waals surface area contributed by atoms with Crippen LogP contribution in [0.3, 0.4) is 0 Å². The molecule has 0 fully saturated rings. The molecule has 17 heavy (non-hydrogen) atoms. The molecule has 0 bridgehead atoms. The molecule has 0 aliphatic carbocycles. The smallest absolute Gasteiger partial charge is 0.0488 e. The van der Waals surface area contributed by atoms with Crippen LogP contribution in [0.5, 0.6) is 0 Å². The Morgan fingerprint density at radius 1 is 1.29 bits per heavy atom. The average molecular weight is 231 g/mol. The van der Waals surface area contributed by atoms with Gasteiger partial charge >= 0.3 is 0 Å². The molecule has 0 amide bonds. The van der Waals surface area contributed by atoms with Gasteiger partial charge in [-0.05, 0) is 32.6 Å². The normalized spacial score (nSPS) is 13.5. The van der Waals surface area contributed by atoms with Gasteiger partial charge in [0, 0.05) is 36.2 Å². The van der Waals surface area contributed by atoms with Crippen LogP contribution in [0.2, 0.25) is 0 Å². The monoisotopic (exact) mass is 231 g/mol. The predicted octanol–water partition coefficient (Wildman–Crippen LogP) is 2.05. The van der Waals surface area contributed by atoms with E-state index in [0.717, 1.165) is 0 Å². The van der Waals surface area contributed by atoms with E-state index in [2.05, 4.69) is 61.8 Å². The lowest BCUT2D eigenvalue weighted by molar-refractivity contribution is 0.306. The minimum Gasteiger partial charge on any atom is -0.348 e. The van der Waals surface area contributed by atoms with E-state index in [1.54, 1.807) is 0 Å². The Morgan fingerprint density at radius 2 is 1.94 bits per heavy atom. The maximum atomic E-state index is 5.92. The summed E-state index contributed by atoms with van der Waals surface area (Å²) >= 11 is 0. The summed E-state index contributed by atoms with van der Waals surface area (Å²) in [7, 11) is 6.28. The van der Waals surface area contributed by atoms with Crippen molar-refractivity contribution >= 4 is 10.9 Å². The third kappa shape index (κ3) is 1.85. The number of hydrogen-bond donors (Lipinski definition) is 1. The number of nitrogens with zero attached hydrogens (tertiary/aromatic N) is 2. The maximum Gasteiger partial charge on any atom is 0.0488 e. The van der Waals surface area contributed by atoms with Gasteiger partial charge in [-0.1, -0.05) is 18.2 Å². The zero-order valence-electron chi connectivity index (χ0n) is 11.1. The van der Waals surface area contributed by atoms with Crippen molar-refractivity contribution in [2.45, 2.75) is 13.0 Å². The molecule has 0 saturated carbocycles. The lowest BCUT2D eigenvalue weighted by Gasteiger charge is -2.23. The molecule has 0 radical (unpaired) electrons. The van der Waals surface area contributed by atoms with E-state index in [0.29, 0.717) is 6.54 Å². The first kappa shape index (κ1) is 12.1. The summed E-state index contributed by atoms with van der Waals surface area (Å²) in [5.74, 6) is 0. The number of nitrogens with two attached hydrogens (primary N) is 1. The first-order valence-corrected chi connectivity index (χ1v) is 5.98. The highest BCUT2D eigenvalue weighted by Crippen LogP contribution is 2.31. The largest absolute Gasteiger partial charge is 0.348 e. The highest BCUT2D eigenvalue weighted by molar-refractivity contribution is 5.86. The molecule has 2 N–H and O–H groups in total. The summed E-state index contributed by atoms with van der Waals surface area (Å²) in [4.78, 5) is 2.19. The van der Waals surface area contributed by atoms with E-state index in [9.17, 15) is 0 Å². The van der Waals surface area contributed by atoms with Gasteiger partial charge in [-0.25, -0.2) is 0 Å². The van der Waals surface area contributed by atoms with Crippen molar-refractivity contribution in [3.63, 3.8) is 0 Å². The van der Waals surface area contributed by atoms with Crippen LogP contribution in [0.25, 0.3) is 10.9 Å². The van der Waals surface area contributed by atoms with Gasteiger partial charge in [0.25, 0.3) is 0 Å². The van der Waals surface area contributed by atoms with Crippen molar-refractivity contribution in [2.75, 3.05) is 20.6 Å². The van der Waals surface area contributed by atoms with Crippen LogP contribution in [0, 0.1) is 6.92 Å². The third-order valence-electron chi connectivity index (χ3n) is 3.63. The quantitative estimate of drug-likeness (QED) is 0.877. The highest BCUT2D eigenvalue weighted by atomic mass is 15.1. The lowest BCUT2D eigenvalue weighted by Crippen LogP contribution is -2.27. The topological polar surface area (TPSA) is 34.2 Å². The Labute approximate surface area is 103 Å². The van der Waals surface area contributed by atoms with Crippen LogP contribution in [0.15, 0.2) is 24.3 Å². The zero-order valence-corrected chi connectivity index (χ0v) is 11.1. The second kappa shape index (κ2) is 4.51. The first-order chi connectivity index (χ1) is 8.07. The fourth-order valence-electron chi connectivity index (χ4n) is 2.56. The first-order valence-electron chi connectivity index (χ1n) is 5.98. The van der Waals surface area contributed by atoms with E-state index in [1.807, 2.05) is 0 Å². The Balaban J connectivity index is 2.72. The van der Waals surface area contributed by atoms with Crippen molar-refractivity contribution in [3.8, 4) is 0 Å². The number of rotatable bonds is 3. The second-order valence-electron chi connectivity index (χ2n) is 4.79. The Bertz CT molecular complexity index is 525. The van der Waals surface area contributed by atoms with Gasteiger partial charge in [0.05, 0.1) is 0 Å². The zero-order chi connectivity index (χ0) is 12.6. The number of fused-ring (bicyclic) bond motifs is 1. The van der Waals surface area contributed by atoms with Gasteiger partial charge < -0.3 is 15.2 Å². The summed E-state index contributed by atoms with van der Waals surface area (Å²) in [6.07, 6.45) is 0. The summed E-state index contributed by atoms with van der Waals surface area (Å²) in [5.41, 5.74) is 9.86. The van der Waals surface area contributed by atoms with Crippen molar-refractivity contribution in [1.29, 1.82) is 0 Å². The summed E-state index contributed by atoms with van der Waals surface area (Å²) in [5, 5.41) is 1.32. The Kier molecular flexibility index (Phi) is 3.22. The Hall–Kier alpha value is -1.32. The second-order valence-corrected chi connectivity index (χ2v) is 4.79. The molecule has 2 aromatic rings. The van der Waals surface area contributed by atoms with Crippen LogP contribution in [0.4, 0.5) is 0 Å². The fraction of sp³-hybridized carbons (Fsp3) is 0.429. The van der Waals surface area contributed by atoms with Crippen molar-refractivity contribution < 1.29 is 0 Å². The maximum absolute atomic E-state index is 5.92. The summed E-state index contributed by atoms with van der Waals surface area (Å²) in [6.45, 7) is 2.81. The number of aryl methyl sites for hydroxylation is 1. The molecule has 0 aliphatic rings. The van der Waals surface area contributed by atoms with Gasteiger partial charge in [0.1, 0.15) is 0 Å². The molecule has 1 atom stereocenters. The molecule has 92 valence electrons. The molecule has 1 aromatic heterocycles. The third-order valence-corrected chi connectivity index (χ3v) is 3.63. The van der Waals surface area contributed by atoms with E-state index in [4.69, 9.17) is 5.73 Å². The van der Waals surface area contributed by atoms with Gasteiger partial charge in [-0.2, -0.15) is 0 Å². The molecule has 0 saturated heterocycles. The molecule has 1 aromatic carbocycles. The minimum absolute atomic E-state index is 0.279. The standard InChI is InChI=1S/C14H21N3/c1-10-14(13(9-15)16(2)3)11-7-5-6-8-12(11)17(10)4/h5-8,13H,9,15H2,1-4H3. The van der Waals surface area contributed by atoms with E-state index in [-0.39, 0.29) is 6.04 Å². The van der Waals surface area contributed by atoms with E-state index in [1.165, 1.54) is 22.2 Å². The minimum atomic E-state index is 0.279. The van der Waals surface area contributed by atoms with Gasteiger partial charge in [-0.3, -0.25) is 0 Å². The summed E-state index contributed by atoms with van der Waals surface area (Å²) < 4.78 is 2.25. The molecule has 0 spiro atoms. The predicted molar refractivity (Wildman–Crippen MR) is 73.1 cm³/mol. The lowest BCUT2D eigenvalue weighted by atomic mass is 10.0. The van der Waals surface area contributed by atoms with Crippen LogP contribution >= 0.6 is 0 Å². The molecule has 1 unspecified atom stereocenters. The fourth-order valence-corrected chi connectivity index (χ4v) is 2.56. The SMILES string of the molecule is Cc1c(C(CN)N(C)C)c2ccccc2n1C.